The highest BCUT2D eigenvalue weighted by molar-refractivity contribution is 7.77. The fourth-order valence-electron chi connectivity index (χ4n) is 0. The first kappa shape index (κ1) is 5.27. The molecule has 0 aliphatic carbocycles. The Morgan fingerprint density at radius 2 is 2.00 bits per heavy atom. The van der Waals surface area contributed by atoms with Gasteiger partial charge in [-0.3, -0.25) is 0 Å². The molecular weight excluding hydrogens is 84.1 g/mol. The van der Waals surface area contributed by atoms with Crippen LogP contribution < -0.4 is 5.43 Å². The van der Waals surface area contributed by atoms with E-state index in [0.29, 0.717) is 0 Å². The molecule has 0 fully saturated rings. The van der Waals surface area contributed by atoms with Gasteiger partial charge in [0.1, 0.15) is 0 Å². The summed E-state index contributed by atoms with van der Waals surface area (Å²) in [6, 6.07) is 0. The van der Waals surface area contributed by atoms with Gasteiger partial charge < -0.3 is 0 Å². The van der Waals surface area contributed by atoms with Crippen LogP contribution in [0.25, 0.3) is 0 Å². The maximum atomic E-state index is 3.82. The molecule has 0 bridgehead atoms. The molecule has 0 spiro atoms. The number of hydrogen-bond acceptors (Lipinski definition) is 3. The summed E-state index contributed by atoms with van der Waals surface area (Å²) in [5.74, 6) is 0. The van der Waals surface area contributed by atoms with Crippen LogP contribution in [0.1, 0.15) is 0 Å². The van der Waals surface area contributed by atoms with Crippen LogP contribution in [-0.2, 0) is 0 Å². The molecule has 2 nitrogen and oxygen atoms in total. The minimum absolute atomic E-state index is 1.57. The van der Waals surface area contributed by atoms with E-state index in [1.165, 1.54) is 0 Å². The van der Waals surface area contributed by atoms with Crippen LogP contribution in [0.5, 0.6) is 0 Å². The van der Waals surface area contributed by atoms with Gasteiger partial charge in [-0.1, -0.05) is 12.8 Å². The predicted octanol–water partition coefficient (Wildman–Crippen LogP) is -0.103. The Bertz CT molecular complexity index is 21.6. The van der Waals surface area contributed by atoms with E-state index in [0.717, 1.165) is 0 Å². The van der Waals surface area contributed by atoms with Gasteiger partial charge in [-0.15, -0.1) is 0 Å². The van der Waals surface area contributed by atoms with Crippen molar-refractivity contribution in [2.75, 3.05) is 14.1 Å². The molecule has 0 aromatic carbocycles. The number of nitrogens with one attached hydrogen (secondary N) is 1. The van der Waals surface area contributed by atoms with Crippen molar-refractivity contribution < 1.29 is 0 Å². The third-order valence-electron chi connectivity index (χ3n) is 0.324. The van der Waals surface area contributed by atoms with Crippen molar-refractivity contribution in [1.29, 1.82) is 0 Å². The van der Waals surface area contributed by atoms with Crippen molar-refractivity contribution in [2.24, 2.45) is 0 Å². The summed E-state index contributed by atoms with van der Waals surface area (Å²) >= 11 is 3.82. The molecule has 32 valence electrons. The third-order valence-corrected chi connectivity index (χ3v) is 0.524. The lowest BCUT2D eigenvalue weighted by Gasteiger charge is -2.00. The van der Waals surface area contributed by atoms with E-state index in [1.807, 2.05) is 7.05 Å². The highest BCUT2D eigenvalue weighted by atomic mass is 32.1. The molecule has 0 aromatic rings. The summed E-state index contributed by atoms with van der Waals surface area (Å²) in [6.45, 7) is 0. The van der Waals surface area contributed by atoms with Crippen LogP contribution in [-0.4, -0.2) is 18.5 Å². The lowest BCUT2D eigenvalue weighted by atomic mass is 11.4. The Kier molecular flexibility index (Phi) is 2.64. The van der Waals surface area contributed by atoms with Crippen molar-refractivity contribution in [2.45, 2.75) is 0 Å². The van der Waals surface area contributed by atoms with Gasteiger partial charge in [0.25, 0.3) is 0 Å². The highest BCUT2D eigenvalue weighted by Gasteiger charge is 1.70. The summed E-state index contributed by atoms with van der Waals surface area (Å²) in [5.41, 5.74) is 2.73. The minimum atomic E-state index is 1.57. The van der Waals surface area contributed by atoms with Gasteiger partial charge in [0.05, 0.1) is 0 Å². The lowest BCUT2D eigenvalue weighted by Crippen LogP contribution is -2.19. The molecule has 3 heteroatoms. The fourth-order valence-corrected chi connectivity index (χ4v) is 0. The molecule has 1 N–H and O–H groups in total. The average Bonchev–Trinajstić information content (AvgIpc) is 1.38. The lowest BCUT2D eigenvalue weighted by molar-refractivity contribution is 0.471. The van der Waals surface area contributed by atoms with Gasteiger partial charge in [0.15, 0.2) is 0 Å². The standard InChI is InChI=1S/C2H8N2S/c1-3-4(2)5/h3,5H,1-2H3. The van der Waals surface area contributed by atoms with E-state index in [4.69, 9.17) is 0 Å². The first-order valence-corrected chi connectivity index (χ1v) is 1.77. The largest absolute Gasteiger partial charge is 0.249 e. The van der Waals surface area contributed by atoms with Gasteiger partial charge >= 0.3 is 0 Å². The Labute approximate surface area is 37.7 Å². The molecular formula is C2H8N2S. The maximum absolute atomic E-state index is 3.82. The van der Waals surface area contributed by atoms with Crippen LogP contribution in [0, 0.1) is 0 Å². The second-order valence-electron chi connectivity index (χ2n) is 0.747. The number of hydrogen-bond donors (Lipinski definition) is 2. The molecule has 0 saturated heterocycles. The summed E-state index contributed by atoms with van der Waals surface area (Å²) in [5, 5.41) is 0. The molecule has 0 saturated carbocycles. The van der Waals surface area contributed by atoms with Crippen LogP contribution in [0.3, 0.4) is 0 Å². The molecule has 0 aliphatic heterocycles. The van der Waals surface area contributed by atoms with Crippen molar-refractivity contribution in [1.82, 2.24) is 9.84 Å². The maximum Gasteiger partial charge on any atom is 0.0128 e. The van der Waals surface area contributed by atoms with Crippen LogP contribution >= 0.6 is 12.8 Å². The fraction of sp³-hybridized carbons (Fsp3) is 1.00. The Hall–Kier alpha value is 0.270. The number of thiol groups is 1. The van der Waals surface area contributed by atoms with E-state index in [9.17, 15) is 0 Å². The predicted molar refractivity (Wildman–Crippen MR) is 25.8 cm³/mol. The highest BCUT2D eigenvalue weighted by Crippen LogP contribution is 1.70. The third kappa shape index (κ3) is 4.27. The van der Waals surface area contributed by atoms with Crippen LogP contribution in [0.2, 0.25) is 0 Å². The Balaban J connectivity index is 2.54. The zero-order valence-corrected chi connectivity index (χ0v) is 4.29. The van der Waals surface area contributed by atoms with Crippen molar-refractivity contribution in [3.05, 3.63) is 0 Å². The van der Waals surface area contributed by atoms with E-state index in [1.54, 1.807) is 11.5 Å². The van der Waals surface area contributed by atoms with Gasteiger partial charge in [-0.25, -0.2) is 5.43 Å². The number of nitrogens with zero attached hydrogens (tertiary/aromatic N) is 1. The van der Waals surface area contributed by atoms with Crippen molar-refractivity contribution in [3.8, 4) is 0 Å². The summed E-state index contributed by atoms with van der Waals surface area (Å²) in [6.07, 6.45) is 0. The Morgan fingerprint density at radius 1 is 1.80 bits per heavy atom. The van der Waals surface area contributed by atoms with E-state index >= 15 is 0 Å². The zero-order chi connectivity index (χ0) is 4.28. The SMILES string of the molecule is CNN(C)S. The molecule has 0 heterocycles. The molecule has 0 atom stereocenters. The molecule has 0 aliphatic rings. The molecule has 0 rings (SSSR count). The van der Waals surface area contributed by atoms with Crippen LogP contribution in [0.15, 0.2) is 0 Å². The number of rotatable bonds is 1. The minimum Gasteiger partial charge on any atom is -0.249 e. The van der Waals surface area contributed by atoms with Crippen molar-refractivity contribution in [3.63, 3.8) is 0 Å². The van der Waals surface area contributed by atoms with Gasteiger partial charge in [-0.05, 0) is 7.05 Å². The second kappa shape index (κ2) is 2.50. The smallest absolute Gasteiger partial charge is 0.0128 e. The summed E-state index contributed by atoms with van der Waals surface area (Å²) in [7, 11) is 3.61. The topological polar surface area (TPSA) is 15.3 Å². The van der Waals surface area contributed by atoms with Crippen molar-refractivity contribution >= 4 is 12.8 Å². The Morgan fingerprint density at radius 3 is 2.00 bits per heavy atom. The molecule has 0 radical (unpaired) electrons. The quantitative estimate of drug-likeness (QED) is 0.347. The molecule has 5 heavy (non-hydrogen) atoms. The van der Waals surface area contributed by atoms with Gasteiger partial charge in [-0.2, -0.15) is 4.41 Å². The number of hydrazine groups is 1. The second-order valence-corrected chi connectivity index (χ2v) is 1.35. The molecule has 0 amide bonds. The van der Waals surface area contributed by atoms with E-state index in [2.05, 4.69) is 18.2 Å². The monoisotopic (exact) mass is 92.0 g/mol. The van der Waals surface area contributed by atoms with E-state index in [-0.39, 0.29) is 0 Å². The normalized spacial score (nSPS) is 9.60. The average molecular weight is 92.2 g/mol. The van der Waals surface area contributed by atoms with E-state index < -0.39 is 0 Å². The van der Waals surface area contributed by atoms with Gasteiger partial charge in [0.2, 0.25) is 0 Å². The molecule has 0 aromatic heterocycles. The van der Waals surface area contributed by atoms with Gasteiger partial charge in [0, 0.05) is 7.05 Å². The first-order chi connectivity index (χ1) is 2.27. The summed E-state index contributed by atoms with van der Waals surface area (Å²) in [4.78, 5) is 0. The molecule has 0 unspecified atom stereocenters. The summed E-state index contributed by atoms with van der Waals surface area (Å²) < 4.78 is 1.57. The first-order valence-electron chi connectivity index (χ1n) is 1.37. The van der Waals surface area contributed by atoms with Crippen LogP contribution in [0.4, 0.5) is 0 Å². The zero-order valence-electron chi connectivity index (χ0n) is 3.39.